The van der Waals surface area contributed by atoms with Crippen LogP contribution >= 0.6 is 0 Å². The summed E-state index contributed by atoms with van der Waals surface area (Å²) in [7, 11) is 0. The van der Waals surface area contributed by atoms with E-state index in [1.165, 1.54) is 10.7 Å². The van der Waals surface area contributed by atoms with Gasteiger partial charge in [0.2, 0.25) is 11.8 Å². The molecule has 2 N–H and O–H groups in total. The number of hydrogen-bond acceptors (Lipinski definition) is 8. The largest absolute Gasteiger partial charge is 0.393 e. The normalized spacial score (nSPS) is 24.8. The summed E-state index contributed by atoms with van der Waals surface area (Å²) < 4.78 is 78.2. The number of hydrogen-bond donors (Lipinski definition) is 2. The van der Waals surface area contributed by atoms with E-state index in [9.17, 15) is 31.5 Å². The number of anilines is 1. The average molecular weight is 708 g/mol. The van der Waals surface area contributed by atoms with Gasteiger partial charge < -0.3 is 20.3 Å². The molecule has 1 aliphatic carbocycles. The fourth-order valence-corrected chi connectivity index (χ4v) is 8.11. The van der Waals surface area contributed by atoms with E-state index in [1.54, 1.807) is 16.9 Å². The molecule has 3 aliphatic heterocycles. The third kappa shape index (κ3) is 7.01. The van der Waals surface area contributed by atoms with Gasteiger partial charge in [0.1, 0.15) is 11.4 Å². The number of imidazole rings is 1. The van der Waals surface area contributed by atoms with Crippen LogP contribution in [0.3, 0.4) is 0 Å². The van der Waals surface area contributed by atoms with Gasteiger partial charge in [-0.1, -0.05) is 0 Å². The zero-order chi connectivity index (χ0) is 35.3. The van der Waals surface area contributed by atoms with Gasteiger partial charge in [-0.05, 0) is 62.8 Å². The number of aryl methyl sites for hydroxylation is 1. The third-order valence-electron chi connectivity index (χ3n) is 11.1. The Morgan fingerprint density at radius 2 is 1.90 bits per heavy atom. The van der Waals surface area contributed by atoms with Crippen molar-refractivity contribution in [3.63, 3.8) is 0 Å². The van der Waals surface area contributed by atoms with E-state index in [4.69, 9.17) is 19.8 Å². The van der Waals surface area contributed by atoms with Gasteiger partial charge >= 0.3 is 6.18 Å². The Morgan fingerprint density at radius 3 is 2.62 bits per heavy atom. The van der Waals surface area contributed by atoms with E-state index in [0.29, 0.717) is 55.7 Å². The van der Waals surface area contributed by atoms with Gasteiger partial charge in [-0.25, -0.2) is 18.3 Å². The number of aromatic nitrogens is 6. The van der Waals surface area contributed by atoms with Crippen LogP contribution in [0.25, 0.3) is 5.78 Å². The summed E-state index contributed by atoms with van der Waals surface area (Å²) in [5.41, 5.74) is 1.09. The molecule has 4 aliphatic rings. The summed E-state index contributed by atoms with van der Waals surface area (Å²) in [6, 6.07) is 0.839. The van der Waals surface area contributed by atoms with E-state index in [1.807, 2.05) is 6.92 Å². The molecule has 1 spiro atoms. The van der Waals surface area contributed by atoms with Gasteiger partial charge in [-0.3, -0.25) is 14.3 Å². The van der Waals surface area contributed by atoms with Crippen molar-refractivity contribution in [3.8, 4) is 0 Å². The lowest BCUT2D eigenvalue weighted by atomic mass is 9.80. The molecule has 3 saturated heterocycles. The second kappa shape index (κ2) is 13.3. The molecule has 0 bridgehead atoms. The van der Waals surface area contributed by atoms with E-state index < -0.39 is 48.3 Å². The number of alkyl halides is 5. The summed E-state index contributed by atoms with van der Waals surface area (Å²) in [5.74, 6) is -6.00. The number of piperidine rings is 1. The molecule has 12 nitrogen and oxygen atoms in total. The maximum Gasteiger partial charge on any atom is 0.393 e. The van der Waals surface area contributed by atoms with Gasteiger partial charge in [0.05, 0.1) is 23.9 Å². The summed E-state index contributed by atoms with van der Waals surface area (Å²) in [6.45, 7) is 4.44. The van der Waals surface area contributed by atoms with Crippen molar-refractivity contribution in [2.45, 2.75) is 89.4 Å². The summed E-state index contributed by atoms with van der Waals surface area (Å²) in [4.78, 5) is 38.2. The van der Waals surface area contributed by atoms with Crippen LogP contribution in [0.5, 0.6) is 0 Å². The standard InChI is InChI=1S/C33H42F5N9O3/c1-2-46-25(5-11-40-46)29(49)42-26(20-3-6-32(34,35)7-4-20)24-18-47-30(41-24)43-27(45-12-8-31(19-45)9-13-50-14-10-31)23(44-47)16-21-15-22(33(36,37)38)17-39-28(21)48/h5,11,18,20-22,26H,2-4,6-10,12-17,19H2,1H3,(H,39,48)(H,42,49). The molecule has 17 heteroatoms. The molecule has 272 valence electrons. The Hall–Kier alpha value is -3.89. The molecular formula is C33H42F5N9O3. The predicted octanol–water partition coefficient (Wildman–Crippen LogP) is 4.50. The number of nitrogens with zero attached hydrogens (tertiary/aromatic N) is 7. The number of carbonyl (C=O) groups excluding carboxylic acids is 2. The molecule has 3 atom stereocenters. The summed E-state index contributed by atoms with van der Waals surface area (Å²) in [5, 5.41) is 14.4. The fourth-order valence-electron chi connectivity index (χ4n) is 8.11. The van der Waals surface area contributed by atoms with Crippen LogP contribution in [0, 0.1) is 23.2 Å². The number of nitrogens with one attached hydrogen (secondary N) is 2. The Labute approximate surface area is 285 Å². The molecule has 6 heterocycles. The average Bonchev–Trinajstić information content (AvgIpc) is 3.83. The summed E-state index contributed by atoms with van der Waals surface area (Å²) >= 11 is 0. The molecular weight excluding hydrogens is 665 g/mol. The maximum atomic E-state index is 14.2. The second-order valence-electron chi connectivity index (χ2n) is 14.4. The minimum atomic E-state index is -4.45. The minimum Gasteiger partial charge on any atom is -0.381 e. The quantitative estimate of drug-likeness (QED) is 0.328. The highest BCUT2D eigenvalue weighted by molar-refractivity contribution is 5.92. The fraction of sp³-hybridized carbons (Fsp3) is 0.697. The lowest BCUT2D eigenvalue weighted by molar-refractivity contribution is -0.183. The molecule has 3 aromatic heterocycles. The van der Waals surface area contributed by atoms with Crippen LogP contribution in [0.15, 0.2) is 18.5 Å². The van der Waals surface area contributed by atoms with Crippen molar-refractivity contribution in [1.29, 1.82) is 0 Å². The van der Waals surface area contributed by atoms with Crippen LogP contribution in [0.4, 0.5) is 27.8 Å². The highest BCUT2D eigenvalue weighted by Gasteiger charge is 2.46. The van der Waals surface area contributed by atoms with Crippen LogP contribution in [0.2, 0.25) is 0 Å². The molecule has 4 fully saturated rings. The number of halogens is 5. The van der Waals surface area contributed by atoms with Gasteiger partial charge in [-0.15, -0.1) is 0 Å². The van der Waals surface area contributed by atoms with Crippen molar-refractivity contribution >= 4 is 23.4 Å². The molecule has 3 aromatic rings. The lowest BCUT2D eigenvalue weighted by Crippen LogP contribution is -2.47. The molecule has 0 radical (unpaired) electrons. The Kier molecular flexibility index (Phi) is 9.22. The molecule has 1 saturated carbocycles. The number of ether oxygens (including phenoxy) is 1. The topological polar surface area (TPSA) is 132 Å². The van der Waals surface area contributed by atoms with Crippen molar-refractivity contribution in [1.82, 2.24) is 40.0 Å². The van der Waals surface area contributed by atoms with Crippen LogP contribution < -0.4 is 15.5 Å². The Bertz CT molecular complexity index is 1710. The van der Waals surface area contributed by atoms with Crippen LogP contribution in [-0.4, -0.2) is 86.1 Å². The minimum absolute atomic E-state index is 0.0108. The van der Waals surface area contributed by atoms with Crippen molar-refractivity contribution in [2.24, 2.45) is 23.2 Å². The Morgan fingerprint density at radius 1 is 1.14 bits per heavy atom. The monoisotopic (exact) mass is 707 g/mol. The first kappa shape index (κ1) is 34.6. The van der Waals surface area contributed by atoms with Crippen molar-refractivity contribution < 1.29 is 36.3 Å². The maximum absolute atomic E-state index is 14.2. The van der Waals surface area contributed by atoms with E-state index in [-0.39, 0.29) is 55.6 Å². The Balaban J connectivity index is 1.25. The number of fused-ring (bicyclic) bond motifs is 1. The molecule has 0 aromatic carbocycles. The lowest BCUT2D eigenvalue weighted by Gasteiger charge is -2.33. The van der Waals surface area contributed by atoms with E-state index in [0.717, 1.165) is 19.3 Å². The zero-order valence-electron chi connectivity index (χ0n) is 27.9. The van der Waals surface area contributed by atoms with Gasteiger partial charge in [-0.2, -0.15) is 28.4 Å². The van der Waals surface area contributed by atoms with Crippen molar-refractivity contribution in [3.05, 3.63) is 35.5 Å². The second-order valence-corrected chi connectivity index (χ2v) is 14.4. The zero-order valence-corrected chi connectivity index (χ0v) is 27.9. The number of rotatable bonds is 8. The first-order valence-electron chi connectivity index (χ1n) is 17.5. The first-order chi connectivity index (χ1) is 23.8. The summed E-state index contributed by atoms with van der Waals surface area (Å²) in [6.07, 6.45) is 0.547. The number of carbonyl (C=O) groups is 2. The van der Waals surface area contributed by atoms with Crippen LogP contribution in [-0.2, 0) is 22.5 Å². The SMILES string of the molecule is CCn1nccc1C(=O)NC(c1cn2nc(CC3CC(C(F)(F)F)CNC3=O)c(N3CCC4(CCOCC4)C3)nc2n1)C1CCC(F)(F)CC1. The highest BCUT2D eigenvalue weighted by Crippen LogP contribution is 2.44. The third-order valence-corrected chi connectivity index (χ3v) is 11.1. The van der Waals surface area contributed by atoms with Crippen LogP contribution in [0.1, 0.15) is 86.2 Å². The molecule has 7 rings (SSSR count). The molecule has 3 unspecified atom stereocenters. The van der Waals surface area contributed by atoms with Crippen molar-refractivity contribution in [2.75, 3.05) is 37.7 Å². The predicted molar refractivity (Wildman–Crippen MR) is 169 cm³/mol. The van der Waals surface area contributed by atoms with Gasteiger partial charge in [0.15, 0.2) is 5.82 Å². The van der Waals surface area contributed by atoms with Gasteiger partial charge in [0.25, 0.3) is 11.7 Å². The first-order valence-corrected chi connectivity index (χ1v) is 17.5. The van der Waals surface area contributed by atoms with Gasteiger partial charge in [0, 0.05) is 70.8 Å². The molecule has 50 heavy (non-hydrogen) atoms. The number of amides is 2. The smallest absolute Gasteiger partial charge is 0.381 e. The molecule has 2 amide bonds. The van der Waals surface area contributed by atoms with E-state index >= 15 is 0 Å². The highest BCUT2D eigenvalue weighted by atomic mass is 19.4. The van der Waals surface area contributed by atoms with E-state index in [2.05, 4.69) is 20.6 Å².